The summed E-state index contributed by atoms with van der Waals surface area (Å²) in [7, 11) is 1.50. The SMILES string of the molecule is COc1c(C(C)CO)cc(Br)c(F)c1C. The Morgan fingerprint density at radius 1 is 1.60 bits per heavy atom. The molecule has 0 amide bonds. The minimum absolute atomic E-state index is 0.00781. The lowest BCUT2D eigenvalue weighted by Crippen LogP contribution is -2.05. The van der Waals surface area contributed by atoms with Crippen molar-refractivity contribution in [3.05, 3.63) is 27.5 Å². The third kappa shape index (κ3) is 2.32. The van der Waals surface area contributed by atoms with Gasteiger partial charge in [0.1, 0.15) is 11.6 Å². The number of methoxy groups -OCH3 is 1. The molecule has 1 aromatic carbocycles. The molecule has 0 bridgehead atoms. The van der Waals surface area contributed by atoms with Gasteiger partial charge in [-0.3, -0.25) is 0 Å². The molecule has 1 unspecified atom stereocenters. The van der Waals surface area contributed by atoms with Crippen LogP contribution >= 0.6 is 15.9 Å². The highest BCUT2D eigenvalue weighted by Gasteiger charge is 2.18. The van der Waals surface area contributed by atoms with Crippen LogP contribution in [0.15, 0.2) is 10.5 Å². The number of benzene rings is 1. The fourth-order valence-corrected chi connectivity index (χ4v) is 2.04. The van der Waals surface area contributed by atoms with Gasteiger partial charge in [0.25, 0.3) is 0 Å². The van der Waals surface area contributed by atoms with Crippen molar-refractivity contribution in [3.63, 3.8) is 0 Å². The van der Waals surface area contributed by atoms with E-state index in [-0.39, 0.29) is 18.3 Å². The van der Waals surface area contributed by atoms with Gasteiger partial charge in [0.05, 0.1) is 11.6 Å². The van der Waals surface area contributed by atoms with Gasteiger partial charge in [-0.15, -0.1) is 0 Å². The normalized spacial score (nSPS) is 12.7. The molecule has 0 aromatic heterocycles. The minimum atomic E-state index is -0.319. The predicted molar refractivity (Wildman–Crippen MR) is 60.9 cm³/mol. The molecular formula is C11H14BrFO2. The van der Waals surface area contributed by atoms with E-state index in [9.17, 15) is 4.39 Å². The molecule has 0 spiro atoms. The minimum Gasteiger partial charge on any atom is -0.496 e. The molecule has 0 aliphatic heterocycles. The third-order valence-electron chi connectivity index (χ3n) is 2.43. The predicted octanol–water partition coefficient (Wildman–Crippen LogP) is 3.00. The van der Waals surface area contributed by atoms with E-state index in [1.807, 2.05) is 6.92 Å². The highest BCUT2D eigenvalue weighted by Crippen LogP contribution is 2.35. The Hall–Kier alpha value is -0.610. The molecule has 15 heavy (non-hydrogen) atoms. The molecule has 2 nitrogen and oxygen atoms in total. The summed E-state index contributed by atoms with van der Waals surface area (Å²) >= 11 is 3.15. The van der Waals surface area contributed by atoms with Crippen LogP contribution in [0.2, 0.25) is 0 Å². The van der Waals surface area contributed by atoms with Gasteiger partial charge in [0.2, 0.25) is 0 Å². The summed E-state index contributed by atoms with van der Waals surface area (Å²) in [5, 5.41) is 9.09. The lowest BCUT2D eigenvalue weighted by atomic mass is 9.98. The number of hydrogen-bond acceptors (Lipinski definition) is 2. The van der Waals surface area contributed by atoms with E-state index >= 15 is 0 Å². The first-order valence-corrected chi connectivity index (χ1v) is 5.45. The van der Waals surface area contributed by atoms with Crippen LogP contribution in [0, 0.1) is 12.7 Å². The summed E-state index contributed by atoms with van der Waals surface area (Å²) in [5.41, 5.74) is 1.27. The molecule has 1 rings (SSSR count). The lowest BCUT2D eigenvalue weighted by Gasteiger charge is -2.17. The van der Waals surface area contributed by atoms with Crippen molar-refractivity contribution in [2.75, 3.05) is 13.7 Å². The second kappa shape index (κ2) is 4.94. The number of hydrogen-bond donors (Lipinski definition) is 1. The first kappa shape index (κ1) is 12.5. The van der Waals surface area contributed by atoms with Gasteiger partial charge < -0.3 is 9.84 Å². The van der Waals surface area contributed by atoms with Gasteiger partial charge in [-0.1, -0.05) is 6.92 Å². The number of rotatable bonds is 3. The molecule has 0 aliphatic carbocycles. The Balaban J connectivity index is 3.38. The molecule has 1 atom stereocenters. The van der Waals surface area contributed by atoms with E-state index in [0.29, 0.717) is 15.8 Å². The number of aliphatic hydroxyl groups is 1. The quantitative estimate of drug-likeness (QED) is 0.920. The maximum atomic E-state index is 13.5. The largest absolute Gasteiger partial charge is 0.496 e. The zero-order chi connectivity index (χ0) is 11.6. The van der Waals surface area contributed by atoms with E-state index in [2.05, 4.69) is 15.9 Å². The summed E-state index contributed by atoms with van der Waals surface area (Å²) in [5.74, 6) is 0.119. The van der Waals surface area contributed by atoms with E-state index in [1.54, 1.807) is 13.0 Å². The van der Waals surface area contributed by atoms with Crippen molar-refractivity contribution in [3.8, 4) is 5.75 Å². The van der Waals surface area contributed by atoms with Gasteiger partial charge in [-0.25, -0.2) is 4.39 Å². The average Bonchev–Trinajstić information content (AvgIpc) is 2.24. The van der Waals surface area contributed by atoms with Crippen LogP contribution in [-0.2, 0) is 0 Å². The number of ether oxygens (including phenoxy) is 1. The standard InChI is InChI=1S/C11H14BrFO2/c1-6(5-14)8-4-9(12)10(13)7(2)11(8)15-3/h4,6,14H,5H2,1-3H3. The van der Waals surface area contributed by atoms with E-state index in [1.165, 1.54) is 7.11 Å². The molecule has 0 heterocycles. The zero-order valence-electron chi connectivity index (χ0n) is 8.97. The summed E-state index contributed by atoms with van der Waals surface area (Å²) in [6.45, 7) is 3.53. The highest BCUT2D eigenvalue weighted by molar-refractivity contribution is 9.10. The van der Waals surface area contributed by atoms with Gasteiger partial charge in [-0.2, -0.15) is 0 Å². The van der Waals surface area contributed by atoms with Gasteiger partial charge in [0.15, 0.2) is 0 Å². The molecule has 0 saturated heterocycles. The van der Waals surface area contributed by atoms with E-state index in [0.717, 1.165) is 5.56 Å². The highest BCUT2D eigenvalue weighted by atomic mass is 79.9. The second-order valence-electron chi connectivity index (χ2n) is 3.50. The van der Waals surface area contributed by atoms with Crippen LogP contribution in [0.5, 0.6) is 5.75 Å². The Morgan fingerprint density at radius 3 is 2.67 bits per heavy atom. The number of halogens is 2. The third-order valence-corrected chi connectivity index (χ3v) is 3.01. The Labute approximate surface area is 97.2 Å². The fraction of sp³-hybridized carbons (Fsp3) is 0.455. The summed E-state index contributed by atoms with van der Waals surface area (Å²) in [6.07, 6.45) is 0. The van der Waals surface area contributed by atoms with E-state index < -0.39 is 0 Å². The average molecular weight is 277 g/mol. The first-order valence-electron chi connectivity index (χ1n) is 4.66. The molecule has 84 valence electrons. The summed E-state index contributed by atoms with van der Waals surface area (Å²) < 4.78 is 19.1. The summed E-state index contributed by atoms with van der Waals surface area (Å²) in [6, 6.07) is 1.65. The van der Waals surface area contributed by atoms with Gasteiger partial charge in [-0.05, 0) is 28.9 Å². The van der Waals surface area contributed by atoms with Gasteiger partial charge >= 0.3 is 0 Å². The molecule has 0 saturated carbocycles. The van der Waals surface area contributed by atoms with Crippen LogP contribution in [0.25, 0.3) is 0 Å². The van der Waals surface area contributed by atoms with Crippen molar-refractivity contribution in [2.45, 2.75) is 19.8 Å². The monoisotopic (exact) mass is 276 g/mol. The van der Waals surface area contributed by atoms with Crippen LogP contribution < -0.4 is 4.74 Å². The topological polar surface area (TPSA) is 29.5 Å². The van der Waals surface area contributed by atoms with Crippen molar-refractivity contribution in [2.24, 2.45) is 0 Å². The molecule has 4 heteroatoms. The van der Waals surface area contributed by atoms with Crippen molar-refractivity contribution >= 4 is 15.9 Å². The molecule has 1 aromatic rings. The second-order valence-corrected chi connectivity index (χ2v) is 4.36. The maximum Gasteiger partial charge on any atom is 0.143 e. The van der Waals surface area contributed by atoms with Crippen molar-refractivity contribution in [1.82, 2.24) is 0 Å². The van der Waals surface area contributed by atoms with Crippen LogP contribution in [0.1, 0.15) is 24.0 Å². The lowest BCUT2D eigenvalue weighted by molar-refractivity contribution is 0.269. The molecule has 0 radical (unpaired) electrons. The Morgan fingerprint density at radius 2 is 2.20 bits per heavy atom. The maximum absolute atomic E-state index is 13.5. The Bertz CT molecular complexity index is 366. The first-order chi connectivity index (χ1) is 7.02. The van der Waals surface area contributed by atoms with Crippen LogP contribution in [0.4, 0.5) is 4.39 Å². The van der Waals surface area contributed by atoms with E-state index in [4.69, 9.17) is 9.84 Å². The van der Waals surface area contributed by atoms with Gasteiger partial charge in [0, 0.05) is 23.7 Å². The van der Waals surface area contributed by atoms with Crippen molar-refractivity contribution in [1.29, 1.82) is 0 Å². The summed E-state index contributed by atoms with van der Waals surface area (Å²) in [4.78, 5) is 0. The molecular weight excluding hydrogens is 263 g/mol. The molecule has 0 fully saturated rings. The fourth-order valence-electron chi connectivity index (χ4n) is 1.50. The number of aliphatic hydroxyl groups excluding tert-OH is 1. The zero-order valence-corrected chi connectivity index (χ0v) is 10.6. The van der Waals surface area contributed by atoms with Crippen LogP contribution in [-0.4, -0.2) is 18.8 Å². The van der Waals surface area contributed by atoms with Crippen LogP contribution in [0.3, 0.4) is 0 Å². The molecule has 0 aliphatic rings. The molecule has 1 N–H and O–H groups in total. The smallest absolute Gasteiger partial charge is 0.143 e. The Kier molecular flexibility index (Phi) is 4.11. The van der Waals surface area contributed by atoms with Crippen molar-refractivity contribution < 1.29 is 14.2 Å².